The van der Waals surface area contributed by atoms with Crippen LogP contribution in [-0.2, 0) is 13.6 Å². The lowest BCUT2D eigenvalue weighted by Crippen LogP contribution is -2.07. The van der Waals surface area contributed by atoms with Gasteiger partial charge in [-0.25, -0.2) is 0 Å². The van der Waals surface area contributed by atoms with E-state index < -0.39 is 13.4 Å². The summed E-state index contributed by atoms with van der Waals surface area (Å²) in [6, 6.07) is 7.22. The second-order valence-electron chi connectivity index (χ2n) is 3.61. The minimum atomic E-state index is -3.50. The van der Waals surface area contributed by atoms with Gasteiger partial charge in [-0.1, -0.05) is 24.3 Å². The third-order valence-corrected chi connectivity index (χ3v) is 4.50. The molecule has 17 heavy (non-hydrogen) atoms. The Hall–Kier alpha value is -0.670. The number of aryl methyl sites for hydroxylation is 1. The summed E-state index contributed by atoms with van der Waals surface area (Å²) in [4.78, 5) is 0. The van der Waals surface area contributed by atoms with Gasteiger partial charge in [-0.3, -0.25) is 4.57 Å². The Kier molecular flexibility index (Phi) is 5.34. The van der Waals surface area contributed by atoms with Crippen LogP contribution in [0.15, 0.2) is 24.3 Å². The van der Waals surface area contributed by atoms with Crippen LogP contribution in [0.1, 0.15) is 30.8 Å². The maximum Gasteiger partial charge on any atom is 0.363 e. The van der Waals surface area contributed by atoms with Crippen molar-refractivity contribution in [2.75, 3.05) is 13.2 Å². The third kappa shape index (κ3) is 3.39. The first kappa shape index (κ1) is 14.4. The van der Waals surface area contributed by atoms with Crippen LogP contribution in [0.4, 0.5) is 0 Å². The summed E-state index contributed by atoms with van der Waals surface area (Å²) in [5, 5.41) is 10.2. The Balaban J connectivity index is 3.04. The first-order valence-corrected chi connectivity index (χ1v) is 7.28. The van der Waals surface area contributed by atoms with E-state index in [1.165, 1.54) is 0 Å². The summed E-state index contributed by atoms with van der Waals surface area (Å²) in [6.45, 7) is 5.76. The number of aliphatic hydroxyl groups excluding tert-OH is 1. The molecule has 1 aromatic carbocycles. The van der Waals surface area contributed by atoms with Crippen molar-refractivity contribution in [2.24, 2.45) is 0 Å². The lowest BCUT2D eigenvalue weighted by Gasteiger charge is -2.23. The van der Waals surface area contributed by atoms with Crippen LogP contribution in [0.5, 0.6) is 0 Å². The van der Waals surface area contributed by atoms with Gasteiger partial charge in [0.1, 0.15) is 0 Å². The zero-order chi connectivity index (χ0) is 12.9. The normalized spacial score (nSPS) is 13.6. The van der Waals surface area contributed by atoms with Crippen LogP contribution in [0.25, 0.3) is 0 Å². The Morgan fingerprint density at radius 2 is 1.76 bits per heavy atom. The van der Waals surface area contributed by atoms with Gasteiger partial charge in [-0.2, -0.15) is 0 Å². The molecule has 0 amide bonds. The minimum absolute atomic E-state index is 0.236. The summed E-state index contributed by atoms with van der Waals surface area (Å²) in [6.07, 6.45) is 0. The van der Waals surface area contributed by atoms with Crippen molar-refractivity contribution in [3.8, 4) is 0 Å². The van der Waals surface area contributed by atoms with Crippen molar-refractivity contribution in [3.63, 3.8) is 0 Å². The molecule has 1 rings (SSSR count). The molecule has 1 atom stereocenters. The average Bonchev–Trinajstić information content (AvgIpc) is 2.29. The van der Waals surface area contributed by atoms with E-state index in [4.69, 9.17) is 9.05 Å². The quantitative estimate of drug-likeness (QED) is 0.796. The lowest BCUT2D eigenvalue weighted by atomic mass is 10.1. The molecule has 1 N–H and O–H groups in total. The van der Waals surface area contributed by atoms with Crippen LogP contribution < -0.4 is 0 Å². The summed E-state index contributed by atoms with van der Waals surface area (Å²) < 4.78 is 22.6. The maximum atomic E-state index is 12.4. The van der Waals surface area contributed by atoms with E-state index in [0.717, 1.165) is 5.56 Å². The smallest absolute Gasteiger partial charge is 0.363 e. The highest BCUT2D eigenvalue weighted by Gasteiger charge is 2.35. The number of hydrogen-bond donors (Lipinski definition) is 1. The van der Waals surface area contributed by atoms with Crippen molar-refractivity contribution >= 4 is 7.60 Å². The minimum Gasteiger partial charge on any atom is -0.376 e. The number of hydrogen-bond acceptors (Lipinski definition) is 4. The highest BCUT2D eigenvalue weighted by Crippen LogP contribution is 2.59. The molecule has 0 heterocycles. The van der Waals surface area contributed by atoms with E-state index >= 15 is 0 Å². The first-order valence-electron chi connectivity index (χ1n) is 5.67. The van der Waals surface area contributed by atoms with Crippen molar-refractivity contribution in [1.82, 2.24) is 0 Å². The fourth-order valence-corrected chi connectivity index (χ4v) is 3.29. The highest BCUT2D eigenvalue weighted by atomic mass is 31.2. The van der Waals surface area contributed by atoms with Crippen molar-refractivity contribution in [2.45, 2.75) is 26.6 Å². The van der Waals surface area contributed by atoms with Crippen LogP contribution in [0.3, 0.4) is 0 Å². The summed E-state index contributed by atoms with van der Waals surface area (Å²) >= 11 is 0. The molecule has 0 aliphatic heterocycles. The topological polar surface area (TPSA) is 55.8 Å². The summed E-state index contributed by atoms with van der Waals surface area (Å²) in [7, 11) is -3.50. The van der Waals surface area contributed by atoms with Crippen molar-refractivity contribution in [1.29, 1.82) is 0 Å². The SMILES string of the molecule is CCOP(=O)(OCC)C(O)c1ccccc1C. The molecule has 0 saturated carbocycles. The van der Waals surface area contributed by atoms with Gasteiger partial charge in [0.15, 0.2) is 5.85 Å². The van der Waals surface area contributed by atoms with E-state index in [9.17, 15) is 9.67 Å². The van der Waals surface area contributed by atoms with E-state index in [1.807, 2.05) is 19.1 Å². The van der Waals surface area contributed by atoms with E-state index in [-0.39, 0.29) is 13.2 Å². The van der Waals surface area contributed by atoms with Crippen LogP contribution in [-0.4, -0.2) is 18.3 Å². The van der Waals surface area contributed by atoms with Crippen LogP contribution >= 0.6 is 7.60 Å². The van der Waals surface area contributed by atoms with Gasteiger partial charge in [-0.05, 0) is 31.9 Å². The number of aliphatic hydroxyl groups is 1. The Morgan fingerprint density at radius 3 is 2.24 bits per heavy atom. The lowest BCUT2D eigenvalue weighted by molar-refractivity contribution is 0.150. The molecular weight excluding hydrogens is 239 g/mol. The number of rotatable bonds is 6. The monoisotopic (exact) mass is 258 g/mol. The average molecular weight is 258 g/mol. The molecule has 0 aromatic heterocycles. The molecule has 0 spiro atoms. The molecule has 0 fully saturated rings. The Morgan fingerprint density at radius 1 is 1.24 bits per heavy atom. The van der Waals surface area contributed by atoms with E-state index in [0.29, 0.717) is 5.56 Å². The van der Waals surface area contributed by atoms with Gasteiger partial charge >= 0.3 is 7.60 Å². The molecule has 96 valence electrons. The first-order chi connectivity index (χ1) is 8.05. The predicted molar refractivity (Wildman–Crippen MR) is 67.0 cm³/mol. The third-order valence-electron chi connectivity index (χ3n) is 2.38. The summed E-state index contributed by atoms with van der Waals surface area (Å²) in [5.74, 6) is -1.23. The molecular formula is C12H19O4P. The molecule has 0 saturated heterocycles. The molecule has 5 heteroatoms. The van der Waals surface area contributed by atoms with Crippen LogP contribution in [0, 0.1) is 6.92 Å². The van der Waals surface area contributed by atoms with Gasteiger partial charge in [0.05, 0.1) is 13.2 Å². The Bertz CT molecular complexity index is 395. The molecule has 0 aliphatic rings. The molecule has 4 nitrogen and oxygen atoms in total. The Labute approximate surface area is 102 Å². The largest absolute Gasteiger partial charge is 0.376 e. The molecule has 0 bridgehead atoms. The van der Waals surface area contributed by atoms with Gasteiger partial charge in [-0.15, -0.1) is 0 Å². The number of benzene rings is 1. The highest BCUT2D eigenvalue weighted by molar-refractivity contribution is 7.54. The van der Waals surface area contributed by atoms with Gasteiger partial charge in [0.2, 0.25) is 0 Å². The fraction of sp³-hybridized carbons (Fsp3) is 0.500. The molecule has 1 unspecified atom stereocenters. The zero-order valence-electron chi connectivity index (χ0n) is 10.4. The predicted octanol–water partition coefficient (Wildman–Crippen LogP) is 3.25. The molecule has 0 aliphatic carbocycles. The van der Waals surface area contributed by atoms with E-state index in [1.54, 1.807) is 26.0 Å². The summed E-state index contributed by atoms with van der Waals surface area (Å²) in [5.41, 5.74) is 1.44. The zero-order valence-corrected chi connectivity index (χ0v) is 11.3. The van der Waals surface area contributed by atoms with Crippen molar-refractivity contribution in [3.05, 3.63) is 35.4 Å². The fourth-order valence-electron chi connectivity index (χ4n) is 1.59. The van der Waals surface area contributed by atoms with Gasteiger partial charge < -0.3 is 14.2 Å². The van der Waals surface area contributed by atoms with Crippen LogP contribution in [0.2, 0.25) is 0 Å². The van der Waals surface area contributed by atoms with Gasteiger partial charge in [0.25, 0.3) is 0 Å². The second kappa shape index (κ2) is 6.31. The van der Waals surface area contributed by atoms with E-state index in [2.05, 4.69) is 0 Å². The second-order valence-corrected chi connectivity index (χ2v) is 5.69. The molecule has 0 radical (unpaired) electrons. The van der Waals surface area contributed by atoms with Gasteiger partial charge in [0, 0.05) is 0 Å². The maximum absolute atomic E-state index is 12.4. The molecule has 1 aromatic rings. The standard InChI is InChI=1S/C12H19O4P/c1-4-15-17(14,16-5-2)12(13)11-9-7-6-8-10(11)3/h6-9,12-13H,4-5H2,1-3H3. The van der Waals surface area contributed by atoms with Crippen molar-refractivity contribution < 1.29 is 18.7 Å².